The SMILES string of the molecule is COc1cc(C)ccc1OCC(=O)NNC(=O)c1cccc([N+](=O)[O-])c1. The van der Waals surface area contributed by atoms with Crippen LogP contribution in [0.2, 0.25) is 0 Å². The molecule has 0 aliphatic rings. The molecule has 0 aliphatic heterocycles. The molecule has 0 saturated heterocycles. The normalized spacial score (nSPS) is 9.92. The molecule has 0 spiro atoms. The minimum Gasteiger partial charge on any atom is -0.493 e. The first-order valence-corrected chi connectivity index (χ1v) is 7.52. The van der Waals surface area contributed by atoms with Gasteiger partial charge in [0.15, 0.2) is 18.1 Å². The highest BCUT2D eigenvalue weighted by molar-refractivity contribution is 5.96. The van der Waals surface area contributed by atoms with Crippen molar-refractivity contribution in [1.82, 2.24) is 10.9 Å². The Hall–Kier alpha value is -3.62. The summed E-state index contributed by atoms with van der Waals surface area (Å²) >= 11 is 0. The number of aryl methyl sites for hydroxylation is 1. The molecule has 2 amide bonds. The van der Waals surface area contributed by atoms with Crippen molar-refractivity contribution in [3.05, 3.63) is 63.7 Å². The second-order valence-electron chi connectivity index (χ2n) is 5.25. The molecule has 0 saturated carbocycles. The summed E-state index contributed by atoms with van der Waals surface area (Å²) in [6.45, 7) is 1.54. The number of nitrogens with one attached hydrogen (secondary N) is 2. The number of hydrogen-bond donors (Lipinski definition) is 2. The number of nitrogens with zero attached hydrogens (tertiary/aromatic N) is 1. The maximum absolute atomic E-state index is 11.9. The maximum atomic E-state index is 11.9. The molecule has 0 heterocycles. The van der Waals surface area contributed by atoms with Crippen molar-refractivity contribution in [3.8, 4) is 11.5 Å². The van der Waals surface area contributed by atoms with Crippen molar-refractivity contribution in [1.29, 1.82) is 0 Å². The number of nitro groups is 1. The Bertz CT molecular complexity index is 837. The number of nitro benzene ring substituents is 1. The molecular weight excluding hydrogens is 342 g/mol. The quantitative estimate of drug-likeness (QED) is 0.599. The minimum atomic E-state index is -0.685. The Morgan fingerprint density at radius 3 is 2.58 bits per heavy atom. The summed E-state index contributed by atoms with van der Waals surface area (Å²) in [6, 6.07) is 10.4. The number of carbonyl (C=O) groups excluding carboxylic acids is 2. The van der Waals surface area contributed by atoms with Gasteiger partial charge in [0.2, 0.25) is 0 Å². The van der Waals surface area contributed by atoms with Crippen molar-refractivity contribution >= 4 is 17.5 Å². The van der Waals surface area contributed by atoms with Crippen molar-refractivity contribution in [3.63, 3.8) is 0 Å². The molecule has 2 aromatic rings. The summed E-state index contributed by atoms with van der Waals surface area (Å²) in [5.41, 5.74) is 5.13. The molecule has 2 N–H and O–H groups in total. The van der Waals surface area contributed by atoms with Crippen LogP contribution in [-0.4, -0.2) is 30.5 Å². The van der Waals surface area contributed by atoms with Gasteiger partial charge in [-0.15, -0.1) is 0 Å². The zero-order chi connectivity index (χ0) is 19.1. The number of ether oxygens (including phenoxy) is 2. The average molecular weight is 359 g/mol. The molecule has 0 bridgehead atoms. The van der Waals surface area contributed by atoms with Gasteiger partial charge in [-0.05, 0) is 30.7 Å². The first-order valence-electron chi connectivity index (χ1n) is 7.52. The van der Waals surface area contributed by atoms with Crippen LogP contribution in [-0.2, 0) is 4.79 Å². The third-order valence-electron chi connectivity index (χ3n) is 3.31. The number of hydrogen-bond acceptors (Lipinski definition) is 6. The highest BCUT2D eigenvalue weighted by atomic mass is 16.6. The zero-order valence-corrected chi connectivity index (χ0v) is 14.1. The number of methoxy groups -OCH3 is 1. The van der Waals surface area contributed by atoms with Crippen LogP contribution in [0.4, 0.5) is 5.69 Å². The van der Waals surface area contributed by atoms with E-state index in [4.69, 9.17) is 9.47 Å². The first-order chi connectivity index (χ1) is 12.4. The summed E-state index contributed by atoms with van der Waals surface area (Å²) in [6.07, 6.45) is 0. The predicted octanol–water partition coefficient (Wildman–Crippen LogP) is 1.75. The second-order valence-corrected chi connectivity index (χ2v) is 5.25. The van der Waals surface area contributed by atoms with E-state index < -0.39 is 16.7 Å². The zero-order valence-electron chi connectivity index (χ0n) is 14.1. The molecule has 26 heavy (non-hydrogen) atoms. The molecule has 9 heteroatoms. The third kappa shape index (κ3) is 4.94. The summed E-state index contributed by atoms with van der Waals surface area (Å²) < 4.78 is 10.5. The number of benzene rings is 2. The second kappa shape index (κ2) is 8.47. The number of amides is 2. The molecule has 2 aromatic carbocycles. The topological polar surface area (TPSA) is 120 Å². The van der Waals surface area contributed by atoms with Gasteiger partial charge in [0.1, 0.15) is 0 Å². The molecule has 0 radical (unpaired) electrons. The van der Waals surface area contributed by atoms with E-state index in [0.717, 1.165) is 11.6 Å². The van der Waals surface area contributed by atoms with Crippen molar-refractivity contribution in [2.75, 3.05) is 13.7 Å². The van der Waals surface area contributed by atoms with Gasteiger partial charge in [-0.25, -0.2) is 0 Å². The van der Waals surface area contributed by atoms with Crippen LogP contribution in [0.5, 0.6) is 11.5 Å². The first kappa shape index (κ1) is 18.7. The lowest BCUT2D eigenvalue weighted by Crippen LogP contribution is -2.43. The Balaban J connectivity index is 1.88. The lowest BCUT2D eigenvalue weighted by Gasteiger charge is -2.12. The highest BCUT2D eigenvalue weighted by Crippen LogP contribution is 2.27. The van der Waals surface area contributed by atoms with Crippen LogP contribution in [0.3, 0.4) is 0 Å². The molecule has 0 aromatic heterocycles. The average Bonchev–Trinajstić information content (AvgIpc) is 2.64. The van der Waals surface area contributed by atoms with E-state index in [1.54, 1.807) is 18.2 Å². The molecule has 0 atom stereocenters. The van der Waals surface area contributed by atoms with Gasteiger partial charge in [-0.1, -0.05) is 12.1 Å². The molecule has 0 fully saturated rings. The monoisotopic (exact) mass is 359 g/mol. The van der Waals surface area contributed by atoms with Crippen LogP contribution in [0.25, 0.3) is 0 Å². The maximum Gasteiger partial charge on any atom is 0.276 e. The fourth-order valence-corrected chi connectivity index (χ4v) is 2.03. The van der Waals surface area contributed by atoms with E-state index in [0.29, 0.717) is 11.5 Å². The number of non-ortho nitro benzene ring substituents is 1. The van der Waals surface area contributed by atoms with E-state index in [1.807, 2.05) is 6.92 Å². The Kier molecular flexibility index (Phi) is 6.10. The minimum absolute atomic E-state index is 0.0422. The molecule has 0 unspecified atom stereocenters. The summed E-state index contributed by atoms with van der Waals surface area (Å²) in [5.74, 6) is -0.418. The predicted molar refractivity (Wildman–Crippen MR) is 91.9 cm³/mol. The molecular formula is C17H17N3O6. The van der Waals surface area contributed by atoms with E-state index in [9.17, 15) is 19.7 Å². The molecule has 9 nitrogen and oxygen atoms in total. The van der Waals surface area contributed by atoms with Gasteiger partial charge in [-0.3, -0.25) is 30.6 Å². The van der Waals surface area contributed by atoms with E-state index in [-0.39, 0.29) is 17.9 Å². The third-order valence-corrected chi connectivity index (χ3v) is 3.31. The van der Waals surface area contributed by atoms with E-state index in [2.05, 4.69) is 10.9 Å². The van der Waals surface area contributed by atoms with Crippen molar-refractivity contribution < 1.29 is 24.0 Å². The van der Waals surface area contributed by atoms with Crippen molar-refractivity contribution in [2.45, 2.75) is 6.92 Å². The lowest BCUT2D eigenvalue weighted by molar-refractivity contribution is -0.384. The van der Waals surface area contributed by atoms with E-state index in [1.165, 1.54) is 25.3 Å². The molecule has 0 aliphatic carbocycles. The van der Waals surface area contributed by atoms with Gasteiger partial charge >= 0.3 is 0 Å². The van der Waals surface area contributed by atoms with Crippen LogP contribution in [0.1, 0.15) is 15.9 Å². The van der Waals surface area contributed by atoms with Crippen LogP contribution in [0, 0.1) is 17.0 Å². The largest absolute Gasteiger partial charge is 0.493 e. The lowest BCUT2D eigenvalue weighted by atomic mass is 10.2. The Labute approximate surface area is 149 Å². The number of rotatable bonds is 6. The summed E-state index contributed by atoms with van der Waals surface area (Å²) in [4.78, 5) is 33.8. The standard InChI is InChI=1S/C17H17N3O6/c1-11-6-7-14(15(8-11)25-2)26-10-16(21)18-19-17(22)12-4-3-5-13(9-12)20(23)24/h3-9H,10H2,1-2H3,(H,18,21)(H,19,22). The van der Waals surface area contributed by atoms with Crippen LogP contribution < -0.4 is 20.3 Å². The van der Waals surface area contributed by atoms with Gasteiger partial charge < -0.3 is 9.47 Å². The fourth-order valence-electron chi connectivity index (χ4n) is 2.03. The Morgan fingerprint density at radius 2 is 1.88 bits per heavy atom. The summed E-state index contributed by atoms with van der Waals surface area (Å²) in [5, 5.41) is 10.7. The van der Waals surface area contributed by atoms with Crippen molar-refractivity contribution in [2.24, 2.45) is 0 Å². The smallest absolute Gasteiger partial charge is 0.276 e. The number of hydrazine groups is 1. The van der Waals surface area contributed by atoms with Gasteiger partial charge in [-0.2, -0.15) is 0 Å². The van der Waals surface area contributed by atoms with Gasteiger partial charge in [0.05, 0.1) is 12.0 Å². The fraction of sp³-hybridized carbons (Fsp3) is 0.176. The van der Waals surface area contributed by atoms with Gasteiger partial charge in [0, 0.05) is 17.7 Å². The van der Waals surface area contributed by atoms with Crippen LogP contribution in [0.15, 0.2) is 42.5 Å². The Morgan fingerprint density at radius 1 is 1.12 bits per heavy atom. The van der Waals surface area contributed by atoms with Crippen LogP contribution >= 0.6 is 0 Å². The van der Waals surface area contributed by atoms with E-state index >= 15 is 0 Å². The van der Waals surface area contributed by atoms with Gasteiger partial charge in [0.25, 0.3) is 17.5 Å². The molecule has 136 valence electrons. The molecule has 2 rings (SSSR count). The number of carbonyl (C=O) groups is 2. The highest BCUT2D eigenvalue weighted by Gasteiger charge is 2.13. The summed E-state index contributed by atoms with van der Waals surface area (Å²) in [7, 11) is 1.49.